The van der Waals surface area contributed by atoms with Gasteiger partial charge < -0.3 is 115 Å². The Hall–Kier alpha value is -1.26. The largest absolute Gasteiger partial charge is 0.472 e. The average Bonchev–Trinajstić information content (AvgIpc) is 3.35. The zero-order valence-corrected chi connectivity index (χ0v) is 40.6. The minimum Gasteiger partial charge on any atom is -0.463 e. The van der Waals surface area contributed by atoms with Crippen LogP contribution >= 0.6 is 7.82 Å². The van der Waals surface area contributed by atoms with E-state index in [1.807, 2.05) is 0 Å². The summed E-state index contributed by atoms with van der Waals surface area (Å²) in [6.07, 6.45) is -30.8. The number of carbonyl (C=O) groups is 1. The summed E-state index contributed by atoms with van der Waals surface area (Å²) < 4.78 is 61.9. The second kappa shape index (κ2) is 30.5. The summed E-state index contributed by atoms with van der Waals surface area (Å²) in [5.74, 6) is -0.653. The van der Waals surface area contributed by atoms with Crippen LogP contribution in [-0.4, -0.2) is 255 Å². The highest BCUT2D eigenvalue weighted by atomic mass is 31.2. The van der Waals surface area contributed by atoms with Crippen LogP contribution in [-0.2, 0) is 51.6 Å². The van der Waals surface area contributed by atoms with E-state index in [1.165, 1.54) is 44.9 Å². The first-order valence-corrected chi connectivity index (χ1v) is 25.9. The third kappa shape index (κ3) is 17.9. The van der Waals surface area contributed by atoms with Gasteiger partial charge >= 0.3 is 13.8 Å². The van der Waals surface area contributed by atoms with E-state index in [9.17, 15) is 90.9 Å². The molecule has 0 radical (unpaired) electrons. The summed E-state index contributed by atoms with van der Waals surface area (Å²) in [5.41, 5.74) is 0. The molecule has 1 saturated carbocycles. The van der Waals surface area contributed by atoms with Crippen LogP contribution in [0, 0.1) is 0 Å². The second-order valence-corrected chi connectivity index (χ2v) is 20.0. The monoisotopic (exact) mass is 1060 g/mol. The van der Waals surface area contributed by atoms with Crippen LogP contribution in [0.3, 0.4) is 0 Å². The van der Waals surface area contributed by atoms with Crippen molar-refractivity contribution in [2.24, 2.45) is 0 Å². The molecule has 0 aromatic heterocycles. The summed E-state index contributed by atoms with van der Waals surface area (Å²) in [7, 11) is -5.62. The van der Waals surface area contributed by atoms with Gasteiger partial charge in [-0.25, -0.2) is 4.57 Å². The molecule has 16 N–H and O–H groups in total. The Labute approximate surface area is 410 Å². The molecule has 4 fully saturated rings. The Bertz CT molecular complexity index is 1550. The van der Waals surface area contributed by atoms with Crippen molar-refractivity contribution in [3.63, 3.8) is 0 Å². The van der Waals surface area contributed by atoms with Gasteiger partial charge in [-0.15, -0.1) is 0 Å². The number of rotatable bonds is 30. The topological polar surface area (TPSA) is 441 Å². The molecule has 1 aliphatic carbocycles. The number of carbonyl (C=O) groups excluding carboxylic acids is 1. The summed E-state index contributed by atoms with van der Waals surface area (Å²) in [5, 5.41) is 158. The lowest BCUT2D eigenvalue weighted by Gasteiger charge is -2.49. The number of phosphoric ester groups is 1. The lowest BCUT2D eigenvalue weighted by atomic mass is 9.84. The number of hydrogen-bond acceptors (Lipinski definition) is 26. The number of unbranched alkanes of at least 4 members (excludes halogenated alkanes) is 12. The fourth-order valence-electron chi connectivity index (χ4n) is 8.61. The van der Waals surface area contributed by atoms with Gasteiger partial charge in [0.05, 0.1) is 26.4 Å². The summed E-state index contributed by atoms with van der Waals surface area (Å²) in [6.45, 7) is -2.20. The van der Waals surface area contributed by atoms with Crippen LogP contribution in [0.5, 0.6) is 0 Å². The molecule has 0 aromatic rings. The Kier molecular flexibility index (Phi) is 26.7. The third-order valence-electron chi connectivity index (χ3n) is 13.0. The van der Waals surface area contributed by atoms with E-state index >= 15 is 0 Å². The number of aliphatic hydroxyl groups excluding tert-OH is 15. The molecule has 3 aliphatic heterocycles. The molecule has 28 heteroatoms. The van der Waals surface area contributed by atoms with Crippen molar-refractivity contribution in [3.8, 4) is 0 Å². The molecule has 3 heterocycles. The molecule has 23 atom stereocenters. The van der Waals surface area contributed by atoms with E-state index in [1.54, 1.807) is 0 Å². The summed E-state index contributed by atoms with van der Waals surface area (Å²) in [4.78, 5) is 23.3. The zero-order valence-electron chi connectivity index (χ0n) is 39.7. The maximum absolute atomic E-state index is 13.6. The molecule has 27 nitrogen and oxygen atoms in total. The highest BCUT2D eigenvalue weighted by Crippen LogP contribution is 2.48. The van der Waals surface area contributed by atoms with Gasteiger partial charge in [0.1, 0.15) is 123 Å². The van der Waals surface area contributed by atoms with Crippen molar-refractivity contribution in [2.45, 2.75) is 232 Å². The summed E-state index contributed by atoms with van der Waals surface area (Å²) >= 11 is 0. The van der Waals surface area contributed by atoms with E-state index in [-0.39, 0.29) is 6.42 Å². The SMILES string of the molecule is CCCCCCCCCCCCCCCC(=O)OC[C@@H](O)COP(=O)(O)O[C@@H]1C(O[C@@H]2OC(CO[C@@H]3OC(CO)[C@H](O)C(O)[C@@H]3O)[C@H](O)C(O)[C@@H]2O)C(O)[C@@H](O)C(O)[C@H]1O[C@H]1OC(CO)[C@@H](O)C(O)[C@H]1O. The van der Waals surface area contributed by atoms with Crippen LogP contribution in [0.25, 0.3) is 0 Å². The molecule has 0 spiro atoms. The normalized spacial score (nSPS) is 40.3. The van der Waals surface area contributed by atoms with Gasteiger partial charge in [0.15, 0.2) is 18.9 Å². The first-order chi connectivity index (χ1) is 33.7. The van der Waals surface area contributed by atoms with E-state index in [2.05, 4.69) is 6.92 Å². The highest BCUT2D eigenvalue weighted by molar-refractivity contribution is 7.47. The first kappa shape index (κ1) is 62.3. The molecule has 4 rings (SSSR count). The van der Waals surface area contributed by atoms with Gasteiger partial charge in [-0.05, 0) is 6.42 Å². The number of aliphatic hydroxyl groups is 15. The molecule has 4 aliphatic rings. The quantitative estimate of drug-likeness (QED) is 0.0182. The third-order valence-corrected chi connectivity index (χ3v) is 14.0. The fourth-order valence-corrected chi connectivity index (χ4v) is 9.58. The molecule has 0 bridgehead atoms. The van der Waals surface area contributed by atoms with E-state index in [0.29, 0.717) is 6.42 Å². The van der Waals surface area contributed by atoms with Gasteiger partial charge in [0.2, 0.25) is 0 Å². The van der Waals surface area contributed by atoms with Gasteiger partial charge in [0, 0.05) is 6.42 Å². The zero-order chi connectivity index (χ0) is 52.6. The molecule has 418 valence electrons. The maximum atomic E-state index is 13.6. The Morgan fingerprint density at radius 1 is 0.507 bits per heavy atom. The summed E-state index contributed by atoms with van der Waals surface area (Å²) in [6, 6.07) is 0. The predicted octanol–water partition coefficient (Wildman–Crippen LogP) is -4.84. The van der Waals surface area contributed by atoms with Crippen molar-refractivity contribution >= 4 is 13.8 Å². The molecule has 0 amide bonds. The van der Waals surface area contributed by atoms with Crippen LogP contribution in [0.15, 0.2) is 0 Å². The van der Waals surface area contributed by atoms with Crippen LogP contribution in [0.4, 0.5) is 0 Å². The number of ether oxygens (including phenoxy) is 7. The Morgan fingerprint density at radius 2 is 0.901 bits per heavy atom. The van der Waals surface area contributed by atoms with Gasteiger partial charge in [-0.1, -0.05) is 84.0 Å². The lowest BCUT2D eigenvalue weighted by molar-refractivity contribution is -0.364. The molecule has 3 saturated heterocycles. The van der Waals surface area contributed by atoms with E-state index in [0.717, 1.165) is 32.1 Å². The van der Waals surface area contributed by atoms with Crippen molar-refractivity contribution < 1.29 is 133 Å². The van der Waals surface area contributed by atoms with Gasteiger partial charge in [-0.3, -0.25) is 13.8 Å². The molecular weight excluding hydrogens is 979 g/mol. The predicted molar refractivity (Wildman–Crippen MR) is 236 cm³/mol. The fraction of sp³-hybridized carbons (Fsp3) is 0.977. The maximum Gasteiger partial charge on any atom is 0.472 e. The van der Waals surface area contributed by atoms with Crippen molar-refractivity contribution in [3.05, 3.63) is 0 Å². The lowest BCUT2D eigenvalue weighted by Crippen LogP contribution is -2.69. The van der Waals surface area contributed by atoms with E-state index < -0.39 is 182 Å². The van der Waals surface area contributed by atoms with Crippen molar-refractivity contribution in [2.75, 3.05) is 33.0 Å². The number of phosphoric acid groups is 1. The Morgan fingerprint density at radius 3 is 1.37 bits per heavy atom. The highest BCUT2D eigenvalue weighted by Gasteiger charge is 2.58. The number of hydrogen-bond donors (Lipinski definition) is 16. The molecule has 0 aromatic carbocycles. The van der Waals surface area contributed by atoms with E-state index in [4.69, 9.17) is 42.2 Å². The van der Waals surface area contributed by atoms with Crippen LogP contribution in [0.1, 0.15) is 96.8 Å². The van der Waals surface area contributed by atoms with Crippen molar-refractivity contribution in [1.82, 2.24) is 0 Å². The minimum absolute atomic E-state index is 0.0454. The first-order valence-electron chi connectivity index (χ1n) is 24.4. The van der Waals surface area contributed by atoms with Crippen LogP contribution < -0.4 is 0 Å². The molecular formula is C43H79O27P. The average molecular weight is 1060 g/mol. The molecule has 10 unspecified atom stereocenters. The van der Waals surface area contributed by atoms with Crippen LogP contribution in [0.2, 0.25) is 0 Å². The molecule has 71 heavy (non-hydrogen) atoms. The van der Waals surface area contributed by atoms with Crippen molar-refractivity contribution in [1.29, 1.82) is 0 Å². The standard InChI is InChI=1S/C43H79O27P/c1-2-3-4-5-6-7-8-9-10-11-12-13-14-15-25(47)62-18-21(46)19-64-71(60,61)70-40-38(68-42-36(58)30(52)27(49)23(17-45)66-42)33(55)32(54)34(56)39(40)69-43-37(59)31(53)28(50)24(67-43)20-63-41-35(57)29(51)26(48)22(16-44)65-41/h21-24,26-46,48-59H,2-20H2,1H3,(H,60,61)/t21-,22?,23?,24?,26+,27-,28+,29?,30?,31?,32+,33?,34?,35+,36-,37+,38-,39?,40+,41-,42-,43+/m1/s1. The Balaban J connectivity index is 1.41. The smallest absolute Gasteiger partial charge is 0.463 e. The number of esters is 1. The van der Waals surface area contributed by atoms with Gasteiger partial charge in [0.25, 0.3) is 0 Å². The minimum atomic E-state index is -5.62. The second-order valence-electron chi connectivity index (χ2n) is 18.6. The van der Waals surface area contributed by atoms with Gasteiger partial charge in [-0.2, -0.15) is 0 Å².